The minimum absolute atomic E-state index is 0.103. The van der Waals surface area contributed by atoms with E-state index in [9.17, 15) is 0 Å². The molecule has 0 bridgehead atoms. The number of hydrogen-bond donors (Lipinski definition) is 1. The van der Waals surface area contributed by atoms with Crippen molar-refractivity contribution in [3.63, 3.8) is 0 Å². The zero-order chi connectivity index (χ0) is 10.2. The van der Waals surface area contributed by atoms with E-state index in [2.05, 4.69) is 51.9 Å². The lowest BCUT2D eigenvalue weighted by atomic mass is 9.93. The number of nitrogens with zero attached hydrogens (tertiary/aromatic N) is 2. The normalized spacial score (nSPS) is 29.6. The van der Waals surface area contributed by atoms with Gasteiger partial charge in [-0.2, -0.15) is 0 Å². The maximum atomic E-state index is 4.65. The van der Waals surface area contributed by atoms with Crippen molar-refractivity contribution in [2.24, 2.45) is 5.10 Å². The molecule has 0 saturated carbocycles. The molecule has 0 radical (unpaired) electrons. The summed E-state index contributed by atoms with van der Waals surface area (Å²) in [5.41, 5.74) is 1.42. The van der Waals surface area contributed by atoms with Gasteiger partial charge in [0, 0.05) is 6.42 Å². The van der Waals surface area contributed by atoms with Gasteiger partial charge < -0.3 is 0 Å². The summed E-state index contributed by atoms with van der Waals surface area (Å²) in [5, 5.41) is 5.94. The summed E-state index contributed by atoms with van der Waals surface area (Å²) in [6, 6.07) is 0.634. The van der Waals surface area contributed by atoms with Crippen LogP contribution in [-0.4, -0.2) is 43.3 Å². The number of quaternary nitrogens is 1. The maximum absolute atomic E-state index is 4.65. The first-order valence-electron chi connectivity index (χ1n) is 4.94. The van der Waals surface area contributed by atoms with E-state index in [0.29, 0.717) is 6.04 Å². The highest BCUT2D eigenvalue weighted by molar-refractivity contribution is 5.93. The average Bonchev–Trinajstić information content (AvgIpc) is 2.32. The zero-order valence-electron chi connectivity index (χ0n) is 9.68. The zero-order valence-corrected chi connectivity index (χ0v) is 9.68. The molecule has 0 amide bonds. The fourth-order valence-corrected chi connectivity index (χ4v) is 1.45. The monoisotopic (exact) mass is 184 g/mol. The standard InChI is InChI=1S/C10H21N3/c1-8-7-9(11-13(8)6)10(2,3)12(4)5/h8H,7H2,1-6H3/p+1. The van der Waals surface area contributed by atoms with Gasteiger partial charge in [0.1, 0.15) is 6.04 Å². The Balaban J connectivity index is 2.80. The summed E-state index contributed by atoms with van der Waals surface area (Å²) in [7, 11) is 6.35. The maximum Gasteiger partial charge on any atom is 0.114 e. The van der Waals surface area contributed by atoms with E-state index >= 15 is 0 Å². The second-order valence-corrected chi connectivity index (χ2v) is 4.76. The molecular weight excluding hydrogens is 162 g/mol. The molecule has 1 heterocycles. The Morgan fingerprint density at radius 1 is 1.46 bits per heavy atom. The fourth-order valence-electron chi connectivity index (χ4n) is 1.45. The quantitative estimate of drug-likeness (QED) is 0.640. The van der Waals surface area contributed by atoms with Crippen LogP contribution in [-0.2, 0) is 0 Å². The first kappa shape index (κ1) is 10.7. The molecule has 0 aromatic rings. The van der Waals surface area contributed by atoms with Gasteiger partial charge >= 0.3 is 0 Å². The minimum atomic E-state index is 0.103. The van der Waals surface area contributed by atoms with Crippen molar-refractivity contribution < 1.29 is 5.01 Å². The topological polar surface area (TPSA) is 20.0 Å². The molecule has 0 aromatic carbocycles. The van der Waals surface area contributed by atoms with Gasteiger partial charge in [0.2, 0.25) is 0 Å². The van der Waals surface area contributed by atoms with Crippen molar-refractivity contribution in [2.45, 2.75) is 38.8 Å². The van der Waals surface area contributed by atoms with Gasteiger partial charge in [-0.15, -0.1) is 0 Å². The van der Waals surface area contributed by atoms with Crippen molar-refractivity contribution in [3.8, 4) is 0 Å². The molecule has 1 rings (SSSR count). The highest BCUT2D eigenvalue weighted by Gasteiger charge is 2.36. The van der Waals surface area contributed by atoms with Crippen LogP contribution in [0, 0.1) is 0 Å². The van der Waals surface area contributed by atoms with E-state index in [1.807, 2.05) is 0 Å². The number of hydrogen-bond acceptors (Lipinski definition) is 2. The van der Waals surface area contributed by atoms with Crippen LogP contribution < -0.4 is 5.01 Å². The highest BCUT2D eigenvalue weighted by Crippen LogP contribution is 2.17. The van der Waals surface area contributed by atoms with E-state index < -0.39 is 0 Å². The van der Waals surface area contributed by atoms with Gasteiger partial charge in [0.05, 0.1) is 18.3 Å². The second-order valence-electron chi connectivity index (χ2n) is 4.76. The lowest BCUT2D eigenvalue weighted by Gasteiger charge is -2.31. The smallest absolute Gasteiger partial charge is 0.114 e. The van der Waals surface area contributed by atoms with Crippen molar-refractivity contribution in [2.75, 3.05) is 21.1 Å². The molecule has 13 heavy (non-hydrogen) atoms. The van der Waals surface area contributed by atoms with Gasteiger partial charge in [-0.05, 0) is 34.9 Å². The van der Waals surface area contributed by atoms with E-state index in [-0.39, 0.29) is 5.54 Å². The molecular formula is C10H22N3+. The Kier molecular flexibility index (Phi) is 2.78. The SMILES string of the molecule is CC1CC(C(C)(C)N(C)C)=N[NH+]1C. The van der Waals surface area contributed by atoms with E-state index in [0.717, 1.165) is 6.42 Å². The van der Waals surface area contributed by atoms with E-state index in [4.69, 9.17) is 0 Å². The van der Waals surface area contributed by atoms with Crippen LogP contribution in [0.3, 0.4) is 0 Å². The lowest BCUT2D eigenvalue weighted by molar-refractivity contribution is -0.904. The predicted molar refractivity (Wildman–Crippen MR) is 56.2 cm³/mol. The van der Waals surface area contributed by atoms with Crippen LogP contribution in [0.15, 0.2) is 5.10 Å². The molecule has 2 atom stereocenters. The molecule has 0 saturated heterocycles. The predicted octanol–water partition coefficient (Wildman–Crippen LogP) is -0.0105. The highest BCUT2D eigenvalue weighted by atomic mass is 15.5. The van der Waals surface area contributed by atoms with Crippen molar-refractivity contribution in [1.82, 2.24) is 4.90 Å². The average molecular weight is 184 g/mol. The van der Waals surface area contributed by atoms with Crippen LogP contribution in [0.5, 0.6) is 0 Å². The summed E-state index contributed by atoms with van der Waals surface area (Å²) in [5.74, 6) is 0. The third-order valence-electron chi connectivity index (χ3n) is 3.35. The van der Waals surface area contributed by atoms with Crippen LogP contribution in [0.25, 0.3) is 0 Å². The van der Waals surface area contributed by atoms with Gasteiger partial charge in [-0.25, -0.2) is 5.01 Å². The van der Waals surface area contributed by atoms with Crippen LogP contribution in [0.2, 0.25) is 0 Å². The Labute approximate surface area is 81.4 Å². The fraction of sp³-hybridized carbons (Fsp3) is 0.900. The largest absolute Gasteiger partial charge is 0.299 e. The van der Waals surface area contributed by atoms with Gasteiger partial charge in [-0.1, -0.05) is 5.10 Å². The van der Waals surface area contributed by atoms with Gasteiger partial charge in [0.25, 0.3) is 0 Å². The van der Waals surface area contributed by atoms with Crippen molar-refractivity contribution in [3.05, 3.63) is 0 Å². The summed E-state index contributed by atoms with van der Waals surface area (Å²) in [6.45, 7) is 6.71. The summed E-state index contributed by atoms with van der Waals surface area (Å²) in [4.78, 5) is 2.23. The Morgan fingerprint density at radius 2 is 2.00 bits per heavy atom. The molecule has 1 aliphatic rings. The molecule has 0 aliphatic carbocycles. The van der Waals surface area contributed by atoms with Crippen LogP contribution in [0.4, 0.5) is 0 Å². The molecule has 0 aromatic heterocycles. The van der Waals surface area contributed by atoms with Crippen molar-refractivity contribution in [1.29, 1.82) is 0 Å². The second kappa shape index (κ2) is 3.39. The van der Waals surface area contributed by atoms with Gasteiger partial charge in [0.15, 0.2) is 0 Å². The van der Waals surface area contributed by atoms with Crippen LogP contribution in [0.1, 0.15) is 27.2 Å². The third-order valence-corrected chi connectivity index (χ3v) is 3.35. The van der Waals surface area contributed by atoms with Crippen LogP contribution >= 0.6 is 0 Å². The number of rotatable bonds is 2. The van der Waals surface area contributed by atoms with Crippen molar-refractivity contribution >= 4 is 5.71 Å². The Morgan fingerprint density at radius 3 is 2.31 bits per heavy atom. The molecule has 3 nitrogen and oxygen atoms in total. The molecule has 1 aliphatic heterocycles. The molecule has 1 N–H and O–H groups in total. The molecule has 0 fully saturated rings. The first-order valence-corrected chi connectivity index (χ1v) is 4.94. The summed E-state index contributed by atoms with van der Waals surface area (Å²) in [6.07, 6.45) is 1.12. The Bertz CT molecular complexity index is 218. The van der Waals surface area contributed by atoms with Gasteiger partial charge in [-0.3, -0.25) is 4.90 Å². The summed E-state index contributed by atoms with van der Waals surface area (Å²) >= 11 is 0. The molecule has 76 valence electrons. The minimum Gasteiger partial charge on any atom is -0.299 e. The summed E-state index contributed by atoms with van der Waals surface area (Å²) < 4.78 is 0. The molecule has 2 unspecified atom stereocenters. The Hall–Kier alpha value is -0.410. The van der Waals surface area contributed by atoms with E-state index in [1.54, 1.807) is 0 Å². The molecule has 3 heteroatoms. The third kappa shape index (κ3) is 1.92. The first-order chi connectivity index (χ1) is 5.85. The lowest BCUT2D eigenvalue weighted by Crippen LogP contribution is -3.06. The molecule has 0 spiro atoms. The number of nitrogens with one attached hydrogen (secondary N) is 1. The van der Waals surface area contributed by atoms with E-state index in [1.165, 1.54) is 10.7 Å².